The average molecular weight is 428 g/mol. The number of alkyl halides is 1. The molecule has 3 aromatic rings. The van der Waals surface area contributed by atoms with Crippen molar-refractivity contribution in [3.63, 3.8) is 0 Å². The van der Waals surface area contributed by atoms with Crippen LogP contribution in [0, 0.1) is 0 Å². The van der Waals surface area contributed by atoms with Gasteiger partial charge < -0.3 is 10.1 Å². The minimum atomic E-state index is -0.485. The molecule has 4 rings (SSSR count). The van der Waals surface area contributed by atoms with Crippen molar-refractivity contribution >= 4 is 23.7 Å². The summed E-state index contributed by atoms with van der Waals surface area (Å²) >= 11 is 1.09. The molecule has 0 atom stereocenters. The Morgan fingerprint density at radius 2 is 2.20 bits per heavy atom. The van der Waals surface area contributed by atoms with E-state index in [-0.39, 0.29) is 12.6 Å². The molecule has 1 aromatic carbocycles. The van der Waals surface area contributed by atoms with Crippen LogP contribution >= 0.6 is 11.9 Å². The molecule has 2 aromatic heterocycles. The Balaban J connectivity index is 1.54. The van der Waals surface area contributed by atoms with Crippen molar-refractivity contribution in [2.75, 3.05) is 19.1 Å². The fraction of sp³-hybridized carbons (Fsp3) is 0.286. The van der Waals surface area contributed by atoms with Crippen LogP contribution in [-0.4, -0.2) is 34.6 Å². The highest BCUT2D eigenvalue weighted by Crippen LogP contribution is 2.38. The van der Waals surface area contributed by atoms with Gasteiger partial charge in [-0.1, -0.05) is 12.1 Å². The van der Waals surface area contributed by atoms with Gasteiger partial charge >= 0.3 is 6.03 Å². The molecule has 156 valence electrons. The van der Waals surface area contributed by atoms with Gasteiger partial charge in [0.1, 0.15) is 11.7 Å². The third-order valence-electron chi connectivity index (χ3n) is 4.95. The molecule has 0 saturated carbocycles. The number of rotatable bonds is 7. The number of ether oxygens (including phenoxy) is 1. The van der Waals surface area contributed by atoms with Crippen LogP contribution in [0.5, 0.6) is 5.88 Å². The first-order valence-electron chi connectivity index (χ1n) is 9.66. The average Bonchev–Trinajstić information content (AvgIpc) is 3.42. The predicted molar refractivity (Wildman–Crippen MR) is 114 cm³/mol. The van der Waals surface area contributed by atoms with Crippen LogP contribution < -0.4 is 14.8 Å². The Kier molecular flexibility index (Phi) is 6.18. The lowest BCUT2D eigenvalue weighted by Gasteiger charge is -2.16. The van der Waals surface area contributed by atoms with E-state index in [4.69, 9.17) is 4.74 Å². The van der Waals surface area contributed by atoms with Crippen LogP contribution in [0.15, 0.2) is 47.8 Å². The quantitative estimate of drug-likeness (QED) is 0.551. The van der Waals surface area contributed by atoms with Crippen molar-refractivity contribution in [1.82, 2.24) is 19.5 Å². The highest BCUT2D eigenvalue weighted by molar-refractivity contribution is 7.97. The third kappa shape index (κ3) is 4.40. The minimum absolute atomic E-state index is 0.196. The SMILES string of the molecule is COc1cc(-c2ccc3c(c2NC(=O)NSc2ccn(CCF)n2)CCC3)ccn1. The van der Waals surface area contributed by atoms with Gasteiger partial charge in [0.2, 0.25) is 5.88 Å². The molecular formula is C21H22FN5O2S. The van der Waals surface area contributed by atoms with Crippen LogP contribution in [0.1, 0.15) is 17.5 Å². The van der Waals surface area contributed by atoms with Crippen LogP contribution in [0.25, 0.3) is 11.1 Å². The lowest BCUT2D eigenvalue weighted by atomic mass is 9.98. The molecule has 9 heteroatoms. The number of anilines is 1. The molecule has 2 amide bonds. The predicted octanol–water partition coefficient (Wildman–Crippen LogP) is 4.24. The number of fused-ring (bicyclic) bond motifs is 1. The van der Waals surface area contributed by atoms with Crippen molar-refractivity contribution in [3.8, 4) is 17.0 Å². The van der Waals surface area contributed by atoms with Gasteiger partial charge in [0, 0.05) is 36.0 Å². The zero-order chi connectivity index (χ0) is 20.9. The molecule has 0 fully saturated rings. The van der Waals surface area contributed by atoms with Crippen molar-refractivity contribution in [3.05, 3.63) is 53.9 Å². The van der Waals surface area contributed by atoms with Crippen LogP contribution in [0.3, 0.4) is 0 Å². The molecule has 0 saturated heterocycles. The van der Waals surface area contributed by atoms with Crippen LogP contribution in [-0.2, 0) is 19.4 Å². The summed E-state index contributed by atoms with van der Waals surface area (Å²) < 4.78 is 21.9. The zero-order valence-corrected chi connectivity index (χ0v) is 17.3. The van der Waals surface area contributed by atoms with Gasteiger partial charge in [-0.2, -0.15) is 5.10 Å². The number of amides is 2. The minimum Gasteiger partial charge on any atom is -0.481 e. The number of nitrogens with one attached hydrogen (secondary N) is 2. The molecule has 0 radical (unpaired) electrons. The maximum atomic E-state index is 12.7. The first-order chi connectivity index (χ1) is 14.7. The Labute approximate surface area is 178 Å². The molecule has 0 unspecified atom stereocenters. The molecule has 7 nitrogen and oxygen atoms in total. The van der Waals surface area contributed by atoms with E-state index >= 15 is 0 Å². The number of hydrogen-bond acceptors (Lipinski definition) is 5. The molecular weight excluding hydrogens is 405 g/mol. The Morgan fingerprint density at radius 1 is 1.30 bits per heavy atom. The van der Waals surface area contributed by atoms with Gasteiger partial charge in [-0.05, 0) is 48.1 Å². The number of urea groups is 1. The molecule has 0 spiro atoms. The summed E-state index contributed by atoms with van der Waals surface area (Å²) in [4.78, 5) is 16.8. The molecule has 30 heavy (non-hydrogen) atoms. The second-order valence-corrected chi connectivity index (χ2v) is 7.66. The van der Waals surface area contributed by atoms with E-state index in [1.807, 2.05) is 18.2 Å². The maximum Gasteiger partial charge on any atom is 0.329 e. The van der Waals surface area contributed by atoms with Crippen molar-refractivity contribution in [1.29, 1.82) is 0 Å². The fourth-order valence-corrected chi connectivity index (χ4v) is 4.11. The largest absolute Gasteiger partial charge is 0.481 e. The number of aryl methyl sites for hydroxylation is 2. The summed E-state index contributed by atoms with van der Waals surface area (Å²) in [7, 11) is 1.58. The van der Waals surface area contributed by atoms with Crippen molar-refractivity contribution < 1.29 is 13.9 Å². The number of methoxy groups -OCH3 is 1. The number of hydrogen-bond donors (Lipinski definition) is 2. The van der Waals surface area contributed by atoms with Gasteiger partial charge in [0.25, 0.3) is 0 Å². The molecule has 1 aliphatic carbocycles. The molecule has 2 heterocycles. The summed E-state index contributed by atoms with van der Waals surface area (Å²) in [6, 6.07) is 9.29. The number of halogens is 1. The van der Waals surface area contributed by atoms with Gasteiger partial charge in [-0.25, -0.2) is 14.2 Å². The zero-order valence-electron chi connectivity index (χ0n) is 16.5. The fourth-order valence-electron chi connectivity index (χ4n) is 3.58. The summed E-state index contributed by atoms with van der Waals surface area (Å²) in [6.45, 7) is -0.289. The first kappa shape index (κ1) is 20.2. The Bertz CT molecular complexity index is 1060. The first-order valence-corrected chi connectivity index (χ1v) is 10.5. The van der Waals surface area contributed by atoms with E-state index in [2.05, 4.69) is 26.2 Å². The molecule has 0 aliphatic heterocycles. The second-order valence-electron chi connectivity index (χ2n) is 6.83. The van der Waals surface area contributed by atoms with E-state index in [1.54, 1.807) is 25.6 Å². The van der Waals surface area contributed by atoms with E-state index in [0.29, 0.717) is 10.9 Å². The van der Waals surface area contributed by atoms with E-state index in [0.717, 1.165) is 53.6 Å². The van der Waals surface area contributed by atoms with E-state index in [9.17, 15) is 9.18 Å². The topological polar surface area (TPSA) is 81.1 Å². The number of carbonyl (C=O) groups excluding carboxylic acids is 1. The van der Waals surface area contributed by atoms with E-state index in [1.165, 1.54) is 10.2 Å². The normalized spacial score (nSPS) is 12.5. The van der Waals surface area contributed by atoms with Crippen molar-refractivity contribution in [2.24, 2.45) is 0 Å². The Hall–Kier alpha value is -3.07. The molecule has 1 aliphatic rings. The highest BCUT2D eigenvalue weighted by atomic mass is 32.2. The second kappa shape index (κ2) is 9.17. The molecule has 0 bridgehead atoms. The smallest absolute Gasteiger partial charge is 0.329 e. The third-order valence-corrected chi connectivity index (χ3v) is 5.67. The molecule has 2 N–H and O–H groups in total. The standard InChI is InChI=1S/C21H22FN5O2S/c1-29-18-13-15(7-10-23-18)17-6-5-14-3-2-4-16(14)20(17)24-21(28)26-30-19-8-11-27(25-19)12-9-22/h5-8,10-11,13H,2-4,9,12H2,1H3,(H2,24,26,28). The van der Waals surface area contributed by atoms with Crippen LogP contribution in [0.4, 0.5) is 14.9 Å². The summed E-state index contributed by atoms with van der Waals surface area (Å²) in [6.07, 6.45) is 6.36. The van der Waals surface area contributed by atoms with Gasteiger partial charge in [-0.3, -0.25) is 9.40 Å². The van der Waals surface area contributed by atoms with Gasteiger partial charge in [-0.15, -0.1) is 0 Å². The Morgan fingerprint density at radius 3 is 3.03 bits per heavy atom. The van der Waals surface area contributed by atoms with Gasteiger partial charge in [0.15, 0.2) is 0 Å². The number of aromatic nitrogens is 3. The lowest BCUT2D eigenvalue weighted by Crippen LogP contribution is -2.24. The summed E-state index contributed by atoms with van der Waals surface area (Å²) in [5.41, 5.74) is 5.07. The number of nitrogens with zero attached hydrogens (tertiary/aromatic N) is 3. The monoisotopic (exact) mass is 427 g/mol. The van der Waals surface area contributed by atoms with Gasteiger partial charge in [0.05, 0.1) is 19.3 Å². The number of pyridine rings is 1. The highest BCUT2D eigenvalue weighted by Gasteiger charge is 2.21. The summed E-state index contributed by atoms with van der Waals surface area (Å²) in [5, 5.41) is 7.81. The van der Waals surface area contributed by atoms with Crippen molar-refractivity contribution in [2.45, 2.75) is 30.8 Å². The lowest BCUT2D eigenvalue weighted by molar-refractivity contribution is 0.257. The summed E-state index contributed by atoms with van der Waals surface area (Å²) in [5.74, 6) is 0.517. The van der Waals surface area contributed by atoms with Crippen LogP contribution in [0.2, 0.25) is 0 Å². The number of carbonyl (C=O) groups is 1. The number of benzene rings is 1. The van der Waals surface area contributed by atoms with E-state index < -0.39 is 6.67 Å². The maximum absolute atomic E-state index is 12.7.